The first-order chi connectivity index (χ1) is 16.2. The lowest BCUT2D eigenvalue weighted by molar-refractivity contribution is -0.304. The molecule has 0 aromatic heterocycles. The second-order valence-electron chi connectivity index (χ2n) is 16.7. The van der Waals surface area contributed by atoms with Gasteiger partial charge in [0.05, 0.1) is 6.10 Å². The Morgan fingerprint density at radius 2 is 1.40 bits per heavy atom. The third-order valence-electron chi connectivity index (χ3n) is 15.4. The van der Waals surface area contributed by atoms with Crippen molar-refractivity contribution in [1.29, 1.82) is 0 Å². The maximum absolute atomic E-state index is 12.0. The fourth-order valence-corrected chi connectivity index (χ4v) is 13.5. The molecule has 1 N–H and O–H groups in total. The molecule has 0 saturated heterocycles. The summed E-state index contributed by atoms with van der Waals surface area (Å²) in [5, 5.41) is 12.0. The topological polar surface area (TPSA) is 20.2 Å². The van der Waals surface area contributed by atoms with Gasteiger partial charge in [0.25, 0.3) is 0 Å². The van der Waals surface area contributed by atoms with E-state index in [2.05, 4.69) is 69.2 Å². The van der Waals surface area contributed by atoms with Crippen molar-refractivity contribution in [2.75, 3.05) is 0 Å². The lowest BCUT2D eigenvalue weighted by atomic mass is 9.27. The lowest BCUT2D eigenvalue weighted by Crippen LogP contribution is -2.72. The summed E-state index contributed by atoms with van der Waals surface area (Å²) in [7, 11) is 0. The van der Waals surface area contributed by atoms with Gasteiger partial charge in [0, 0.05) is 5.41 Å². The first-order valence-electron chi connectivity index (χ1n) is 15.8. The Balaban J connectivity index is 1.66. The molecule has 0 bridgehead atoms. The zero-order valence-electron chi connectivity index (χ0n) is 25.3. The van der Waals surface area contributed by atoms with Crippen molar-refractivity contribution in [2.45, 2.75) is 146 Å². The fraction of sp³-hybridized carbons (Fsp3) is 1.00. The molecule has 5 rings (SSSR count). The minimum Gasteiger partial charge on any atom is -0.393 e. The number of fused-ring (bicyclic) bond motifs is 7. The van der Waals surface area contributed by atoms with Crippen molar-refractivity contribution in [1.82, 2.24) is 0 Å². The van der Waals surface area contributed by atoms with Gasteiger partial charge in [0.1, 0.15) is 0 Å². The molecule has 5 aliphatic carbocycles. The van der Waals surface area contributed by atoms with E-state index in [-0.39, 0.29) is 11.5 Å². The molecule has 11 atom stereocenters. The summed E-state index contributed by atoms with van der Waals surface area (Å²) in [5.41, 5.74) is 1.99. The van der Waals surface area contributed by atoms with E-state index in [1.165, 1.54) is 64.2 Å². The maximum atomic E-state index is 12.0. The molecule has 0 amide bonds. The average molecular weight is 485 g/mol. The highest BCUT2D eigenvalue weighted by molar-refractivity contribution is 5.22. The van der Waals surface area contributed by atoms with Crippen LogP contribution in [0.1, 0.15) is 140 Å². The van der Waals surface area contributed by atoms with Crippen molar-refractivity contribution in [3.8, 4) is 0 Å². The Kier molecular flexibility index (Phi) is 6.06. The molecule has 0 heterocycles. The first-order valence-corrected chi connectivity index (χ1v) is 15.8. The highest BCUT2D eigenvalue weighted by atomic mass is 16.3. The second-order valence-corrected chi connectivity index (χ2v) is 16.7. The predicted octanol–water partition coefficient (Wildman–Crippen LogP) is 9.52. The van der Waals surface area contributed by atoms with Gasteiger partial charge in [-0.3, -0.25) is 0 Å². The van der Waals surface area contributed by atoms with Crippen LogP contribution < -0.4 is 0 Å². The van der Waals surface area contributed by atoms with Crippen LogP contribution in [-0.2, 0) is 0 Å². The Morgan fingerprint density at radius 1 is 0.743 bits per heavy atom. The van der Waals surface area contributed by atoms with Crippen LogP contribution in [0.2, 0.25) is 0 Å². The molecule has 1 heteroatoms. The van der Waals surface area contributed by atoms with Crippen LogP contribution in [0.3, 0.4) is 0 Å². The molecule has 0 aromatic rings. The van der Waals surface area contributed by atoms with Gasteiger partial charge in [-0.25, -0.2) is 0 Å². The minimum absolute atomic E-state index is 0.0426. The van der Waals surface area contributed by atoms with Crippen LogP contribution in [0.25, 0.3) is 0 Å². The summed E-state index contributed by atoms with van der Waals surface area (Å²) in [5.74, 6) is 4.76. The maximum Gasteiger partial charge on any atom is 0.0599 e. The van der Waals surface area contributed by atoms with Crippen LogP contribution >= 0.6 is 0 Å². The average Bonchev–Trinajstić information content (AvgIpc) is 2.79. The lowest BCUT2D eigenvalue weighted by Gasteiger charge is -2.77. The summed E-state index contributed by atoms with van der Waals surface area (Å²) in [6, 6.07) is 0. The van der Waals surface area contributed by atoms with Crippen molar-refractivity contribution >= 4 is 0 Å². The Bertz CT molecular complexity index is 824. The van der Waals surface area contributed by atoms with Gasteiger partial charge in [-0.2, -0.15) is 0 Å². The summed E-state index contributed by atoms with van der Waals surface area (Å²) in [6.45, 7) is 26.1. The van der Waals surface area contributed by atoms with Crippen molar-refractivity contribution < 1.29 is 5.11 Å². The molecule has 202 valence electrons. The van der Waals surface area contributed by atoms with Gasteiger partial charge in [0.15, 0.2) is 0 Å². The SMILES string of the molecule is CCC1(CC)C[C@]2(C)[C@H](CC[C@@H]3[C@@H]4[C@@H](C)[C@H](C)CC[C@]4(C)CC[C@]32C)[C@@]2(C)C(O)CCC(C)(C)[C@H]12. The zero-order chi connectivity index (χ0) is 25.8. The summed E-state index contributed by atoms with van der Waals surface area (Å²) in [4.78, 5) is 0. The molecule has 5 aliphatic rings. The van der Waals surface area contributed by atoms with Crippen LogP contribution in [0.15, 0.2) is 0 Å². The van der Waals surface area contributed by atoms with E-state index in [0.717, 1.165) is 30.1 Å². The second kappa shape index (κ2) is 7.99. The molecule has 5 saturated carbocycles. The molecule has 1 unspecified atom stereocenters. The van der Waals surface area contributed by atoms with Gasteiger partial charge >= 0.3 is 0 Å². The van der Waals surface area contributed by atoms with Gasteiger partial charge in [0.2, 0.25) is 0 Å². The monoisotopic (exact) mass is 484 g/mol. The normalized spacial score (nSPS) is 56.8. The number of rotatable bonds is 2. The first kappa shape index (κ1) is 26.6. The van der Waals surface area contributed by atoms with Gasteiger partial charge in [-0.05, 0) is 120 Å². The van der Waals surface area contributed by atoms with E-state index >= 15 is 0 Å². The zero-order valence-corrected chi connectivity index (χ0v) is 25.3. The number of aliphatic hydroxyl groups is 1. The molecule has 1 nitrogen and oxygen atoms in total. The number of aliphatic hydroxyl groups excluding tert-OH is 1. The van der Waals surface area contributed by atoms with E-state index in [0.29, 0.717) is 38.9 Å². The third kappa shape index (κ3) is 3.15. The van der Waals surface area contributed by atoms with Gasteiger partial charge in [-0.15, -0.1) is 0 Å². The molecular weight excluding hydrogens is 424 g/mol. The predicted molar refractivity (Wildman–Crippen MR) is 149 cm³/mol. The summed E-state index contributed by atoms with van der Waals surface area (Å²) >= 11 is 0. The summed E-state index contributed by atoms with van der Waals surface area (Å²) < 4.78 is 0. The van der Waals surface area contributed by atoms with E-state index in [9.17, 15) is 5.11 Å². The third-order valence-corrected chi connectivity index (χ3v) is 15.4. The minimum atomic E-state index is -0.134. The van der Waals surface area contributed by atoms with E-state index < -0.39 is 0 Å². The molecule has 0 spiro atoms. The quantitative estimate of drug-likeness (QED) is 0.413. The van der Waals surface area contributed by atoms with Gasteiger partial charge in [-0.1, -0.05) is 82.1 Å². The van der Waals surface area contributed by atoms with E-state index in [1.807, 2.05) is 0 Å². The molecule has 0 radical (unpaired) electrons. The molecule has 35 heavy (non-hydrogen) atoms. The van der Waals surface area contributed by atoms with Crippen molar-refractivity contribution in [2.24, 2.45) is 68.0 Å². The van der Waals surface area contributed by atoms with Crippen molar-refractivity contribution in [3.63, 3.8) is 0 Å². The van der Waals surface area contributed by atoms with Crippen LogP contribution in [0.5, 0.6) is 0 Å². The standard InChI is InChI=1S/C34H60O/c1-11-34(12-2)21-32(9)25(33(10)26(35)16-17-29(5,6)28(33)34)14-13-24-27-23(4)22(3)15-18-30(27,7)19-20-31(24,32)8/h22-28,35H,11-21H2,1-10H3/t22-,23+,24-,25+,26?,27+,28+,30-,31-,32-,33+/m1/s1. The number of hydrogen-bond acceptors (Lipinski definition) is 1. The molecule has 0 aliphatic heterocycles. The highest BCUT2D eigenvalue weighted by Crippen LogP contribution is 2.80. The number of hydrogen-bond donors (Lipinski definition) is 1. The van der Waals surface area contributed by atoms with E-state index in [1.54, 1.807) is 0 Å². The van der Waals surface area contributed by atoms with Crippen LogP contribution in [-0.4, -0.2) is 11.2 Å². The van der Waals surface area contributed by atoms with Crippen LogP contribution in [0.4, 0.5) is 0 Å². The van der Waals surface area contributed by atoms with Crippen molar-refractivity contribution in [3.05, 3.63) is 0 Å². The summed E-state index contributed by atoms with van der Waals surface area (Å²) in [6.07, 6.45) is 14.5. The smallest absolute Gasteiger partial charge is 0.0599 e. The largest absolute Gasteiger partial charge is 0.393 e. The Morgan fingerprint density at radius 3 is 2.03 bits per heavy atom. The molecule has 5 fully saturated rings. The Labute approximate surface area is 219 Å². The highest BCUT2D eigenvalue weighted by Gasteiger charge is 2.74. The molecular formula is C34H60O. The van der Waals surface area contributed by atoms with Crippen LogP contribution in [0, 0.1) is 68.0 Å². The molecule has 0 aromatic carbocycles. The van der Waals surface area contributed by atoms with Gasteiger partial charge < -0.3 is 5.11 Å². The van der Waals surface area contributed by atoms with E-state index in [4.69, 9.17) is 0 Å². The Hall–Kier alpha value is -0.0400. The fourth-order valence-electron chi connectivity index (χ4n) is 13.5.